The van der Waals surface area contributed by atoms with Crippen molar-refractivity contribution in [3.8, 4) is 0 Å². The van der Waals surface area contributed by atoms with Gasteiger partial charge in [0.25, 0.3) is 0 Å². The minimum Gasteiger partial charge on any atom is -0.370 e. The van der Waals surface area contributed by atoms with Gasteiger partial charge in [-0.3, -0.25) is 4.79 Å². The van der Waals surface area contributed by atoms with Crippen molar-refractivity contribution in [3.63, 3.8) is 0 Å². The average Bonchev–Trinajstić information content (AvgIpc) is 2.82. The number of anilines is 1. The Hall–Kier alpha value is -1.73. The quantitative estimate of drug-likeness (QED) is 0.827. The van der Waals surface area contributed by atoms with Crippen molar-refractivity contribution < 1.29 is 9.53 Å². The van der Waals surface area contributed by atoms with Gasteiger partial charge in [0.2, 0.25) is 11.9 Å². The highest BCUT2D eigenvalue weighted by molar-refractivity contribution is 5.79. The minimum atomic E-state index is -0.0717. The van der Waals surface area contributed by atoms with E-state index in [1.165, 1.54) is 0 Å². The molecule has 3 heterocycles. The monoisotopic (exact) mass is 319 g/mol. The molecule has 2 bridgehead atoms. The number of nitrogens with one attached hydrogen (secondary N) is 1. The van der Waals surface area contributed by atoms with Crippen molar-refractivity contribution in [2.24, 2.45) is 5.92 Å². The maximum absolute atomic E-state index is 12.4. The van der Waals surface area contributed by atoms with Crippen LogP contribution in [0.5, 0.6) is 0 Å². The summed E-state index contributed by atoms with van der Waals surface area (Å²) in [4.78, 5) is 25.4. The van der Waals surface area contributed by atoms with Crippen molar-refractivity contribution in [3.05, 3.63) is 18.0 Å². The zero-order valence-corrected chi connectivity index (χ0v) is 14.0. The molecule has 0 aliphatic carbocycles. The average molecular weight is 319 g/mol. The van der Waals surface area contributed by atoms with Crippen molar-refractivity contribution in [1.29, 1.82) is 0 Å². The van der Waals surface area contributed by atoms with Gasteiger partial charge in [-0.25, -0.2) is 9.97 Å². The lowest BCUT2D eigenvalue weighted by Gasteiger charge is -2.32. The molecule has 23 heavy (non-hydrogen) atoms. The molecule has 0 saturated carbocycles. The topological polar surface area (TPSA) is 70.6 Å². The second-order valence-corrected chi connectivity index (χ2v) is 6.70. The summed E-state index contributed by atoms with van der Waals surface area (Å²) in [5.41, 5.74) is 1.04. The van der Waals surface area contributed by atoms with Crippen molar-refractivity contribution in [2.75, 3.05) is 45.2 Å². The van der Waals surface area contributed by atoms with Crippen LogP contribution in [0.2, 0.25) is 0 Å². The Morgan fingerprint density at radius 2 is 2.13 bits per heavy atom. The molecule has 0 spiro atoms. The first-order valence-electron chi connectivity index (χ1n) is 8.14. The van der Waals surface area contributed by atoms with E-state index in [2.05, 4.69) is 25.1 Å². The zero-order chi connectivity index (χ0) is 16.4. The van der Waals surface area contributed by atoms with Gasteiger partial charge in [-0.05, 0) is 33.0 Å². The number of aromatic nitrogens is 2. The number of aryl methyl sites for hydroxylation is 1. The van der Waals surface area contributed by atoms with Crippen molar-refractivity contribution in [2.45, 2.75) is 25.6 Å². The van der Waals surface area contributed by atoms with Crippen molar-refractivity contribution >= 4 is 11.9 Å². The third-order valence-electron chi connectivity index (χ3n) is 4.40. The van der Waals surface area contributed by atoms with E-state index in [9.17, 15) is 4.79 Å². The maximum Gasteiger partial charge on any atom is 0.225 e. The number of carbonyl (C=O) groups excluding carboxylic acids is 1. The van der Waals surface area contributed by atoms with E-state index in [-0.39, 0.29) is 24.0 Å². The van der Waals surface area contributed by atoms with Gasteiger partial charge >= 0.3 is 0 Å². The van der Waals surface area contributed by atoms with E-state index < -0.39 is 0 Å². The van der Waals surface area contributed by atoms with E-state index in [4.69, 9.17) is 4.74 Å². The third kappa shape index (κ3) is 3.79. The van der Waals surface area contributed by atoms with E-state index in [0.717, 1.165) is 31.0 Å². The van der Waals surface area contributed by atoms with Crippen LogP contribution in [0.3, 0.4) is 0 Å². The summed E-state index contributed by atoms with van der Waals surface area (Å²) >= 11 is 0. The van der Waals surface area contributed by atoms with E-state index in [0.29, 0.717) is 13.1 Å². The highest BCUT2D eigenvalue weighted by Crippen LogP contribution is 2.33. The van der Waals surface area contributed by atoms with Gasteiger partial charge in [-0.1, -0.05) is 0 Å². The van der Waals surface area contributed by atoms with Crippen LogP contribution in [0.15, 0.2) is 12.4 Å². The fraction of sp³-hybridized carbons (Fsp3) is 0.688. The fourth-order valence-electron chi connectivity index (χ4n) is 3.18. The molecule has 126 valence electrons. The number of carbonyl (C=O) groups is 1. The van der Waals surface area contributed by atoms with Gasteiger partial charge in [0.05, 0.1) is 18.1 Å². The largest absolute Gasteiger partial charge is 0.370 e. The highest BCUT2D eigenvalue weighted by Gasteiger charge is 2.45. The summed E-state index contributed by atoms with van der Waals surface area (Å²) in [6.45, 7) is 4.91. The number of nitrogens with zero attached hydrogens (tertiary/aromatic N) is 4. The Kier molecular flexibility index (Phi) is 4.77. The molecule has 7 nitrogen and oxygen atoms in total. The Bertz CT molecular complexity index is 548. The van der Waals surface area contributed by atoms with Crippen LogP contribution < -0.4 is 10.2 Å². The number of hydrogen-bond donors (Lipinski definition) is 1. The van der Waals surface area contributed by atoms with Gasteiger partial charge < -0.3 is 19.9 Å². The van der Waals surface area contributed by atoms with Gasteiger partial charge in [0.1, 0.15) is 0 Å². The molecule has 1 aromatic heterocycles. The van der Waals surface area contributed by atoms with Crippen LogP contribution in [-0.4, -0.2) is 73.3 Å². The number of likely N-dealkylation sites (N-methyl/N-ethyl adjacent to an activating group) is 1. The lowest BCUT2D eigenvalue weighted by atomic mass is 9.99. The first kappa shape index (κ1) is 16.1. The lowest BCUT2D eigenvalue weighted by molar-refractivity contribution is -0.126. The minimum absolute atomic E-state index is 0.0713. The number of morpholine rings is 1. The van der Waals surface area contributed by atoms with Crippen LogP contribution in [0.4, 0.5) is 5.95 Å². The van der Waals surface area contributed by atoms with Crippen LogP contribution in [0, 0.1) is 12.8 Å². The molecule has 2 aliphatic heterocycles. The Morgan fingerprint density at radius 3 is 2.83 bits per heavy atom. The number of hydrogen-bond acceptors (Lipinski definition) is 6. The predicted molar refractivity (Wildman–Crippen MR) is 87.3 cm³/mol. The summed E-state index contributed by atoms with van der Waals surface area (Å²) < 4.78 is 5.97. The molecule has 7 heteroatoms. The fourth-order valence-corrected chi connectivity index (χ4v) is 3.18. The molecule has 1 amide bonds. The molecule has 0 unspecified atom stereocenters. The SMILES string of the molecule is Cc1cnc(N2C[C@@H]3C[C@@H](C(=O)NCCN(C)C)[C@H](C2)O3)nc1. The summed E-state index contributed by atoms with van der Waals surface area (Å²) in [6, 6.07) is 0. The molecule has 2 aliphatic rings. The third-order valence-corrected chi connectivity index (χ3v) is 4.40. The molecular formula is C16H25N5O2. The standard InChI is InChI=1S/C16H25N5O2/c1-11-7-18-16(19-8-11)21-9-12-6-13(14(10-21)23-12)15(22)17-4-5-20(2)3/h7-8,12-14H,4-6,9-10H2,1-3H3,(H,17,22)/t12-,13+,14-/m0/s1. The van der Waals surface area contributed by atoms with Crippen LogP contribution in [0.1, 0.15) is 12.0 Å². The molecule has 2 saturated heterocycles. The number of amides is 1. The smallest absolute Gasteiger partial charge is 0.225 e. The maximum atomic E-state index is 12.4. The first-order valence-corrected chi connectivity index (χ1v) is 8.14. The van der Waals surface area contributed by atoms with Crippen LogP contribution in [0.25, 0.3) is 0 Å². The van der Waals surface area contributed by atoms with Crippen molar-refractivity contribution in [1.82, 2.24) is 20.2 Å². The number of ether oxygens (including phenoxy) is 1. The van der Waals surface area contributed by atoms with Crippen LogP contribution >= 0.6 is 0 Å². The molecule has 3 atom stereocenters. The second-order valence-electron chi connectivity index (χ2n) is 6.70. The molecule has 0 aromatic carbocycles. The normalized spacial score (nSPS) is 26.6. The molecule has 3 rings (SSSR count). The summed E-state index contributed by atoms with van der Waals surface area (Å²) in [7, 11) is 3.99. The Balaban J connectivity index is 1.59. The zero-order valence-electron chi connectivity index (χ0n) is 14.0. The number of rotatable bonds is 5. The lowest BCUT2D eigenvalue weighted by Crippen LogP contribution is -2.46. The molecular weight excluding hydrogens is 294 g/mol. The predicted octanol–water partition coefficient (Wildman–Crippen LogP) is 0.0565. The Labute approximate surface area is 137 Å². The summed E-state index contributed by atoms with van der Waals surface area (Å²) in [5, 5.41) is 3.02. The Morgan fingerprint density at radius 1 is 1.39 bits per heavy atom. The van der Waals surface area contributed by atoms with Gasteiger partial charge in [0.15, 0.2) is 0 Å². The van der Waals surface area contributed by atoms with E-state index >= 15 is 0 Å². The van der Waals surface area contributed by atoms with Crippen LogP contribution in [-0.2, 0) is 9.53 Å². The van der Waals surface area contributed by atoms with Gasteiger partial charge in [-0.2, -0.15) is 0 Å². The van der Waals surface area contributed by atoms with Gasteiger partial charge in [-0.15, -0.1) is 0 Å². The highest BCUT2D eigenvalue weighted by atomic mass is 16.5. The summed E-state index contributed by atoms with van der Waals surface area (Å²) in [5.74, 6) is 0.756. The molecule has 0 radical (unpaired) electrons. The van der Waals surface area contributed by atoms with E-state index in [1.807, 2.05) is 33.4 Å². The van der Waals surface area contributed by atoms with E-state index in [1.54, 1.807) is 0 Å². The van der Waals surface area contributed by atoms with Gasteiger partial charge in [0, 0.05) is 38.6 Å². The molecule has 1 aromatic rings. The number of fused-ring (bicyclic) bond motifs is 2. The first-order chi connectivity index (χ1) is 11.0. The second kappa shape index (κ2) is 6.80. The molecule has 2 fully saturated rings. The molecule has 1 N–H and O–H groups in total. The summed E-state index contributed by atoms with van der Waals surface area (Å²) in [6.07, 6.45) is 4.44.